The van der Waals surface area contributed by atoms with Crippen LogP contribution in [0.2, 0.25) is 0 Å². The maximum atomic E-state index is 13.1. The van der Waals surface area contributed by atoms with Gasteiger partial charge in [-0.1, -0.05) is 6.08 Å². The van der Waals surface area contributed by atoms with E-state index in [9.17, 15) is 13.6 Å². The molecule has 86 valence electrons. The van der Waals surface area contributed by atoms with Crippen LogP contribution in [0.4, 0.5) is 8.78 Å². The molecule has 16 heavy (non-hydrogen) atoms. The number of aromatic nitrogens is 1. The summed E-state index contributed by atoms with van der Waals surface area (Å²) >= 11 is 0. The van der Waals surface area contributed by atoms with Crippen LogP contribution in [0.25, 0.3) is 0 Å². The summed E-state index contributed by atoms with van der Waals surface area (Å²) in [5.41, 5.74) is 0.597. The molecule has 0 bridgehead atoms. The van der Waals surface area contributed by atoms with Crippen molar-refractivity contribution in [1.82, 2.24) is 10.3 Å². The van der Waals surface area contributed by atoms with Gasteiger partial charge in [0.05, 0.1) is 6.20 Å². The average Bonchev–Trinajstić information content (AvgIpc) is 2.28. The highest BCUT2D eigenvalue weighted by Crippen LogP contribution is 2.06. The number of carbonyl (C=O) groups excluding carboxylic acids is 1. The molecule has 1 rings (SSSR count). The first-order valence-corrected chi connectivity index (χ1v) is 4.75. The van der Waals surface area contributed by atoms with Gasteiger partial charge in [0.15, 0.2) is 0 Å². The summed E-state index contributed by atoms with van der Waals surface area (Å²) in [5.74, 6) is -1.72. The third kappa shape index (κ3) is 3.12. The molecule has 0 aliphatic rings. The fourth-order valence-electron chi connectivity index (χ4n) is 1.03. The average molecular weight is 226 g/mol. The van der Waals surface area contributed by atoms with Gasteiger partial charge in [-0.2, -0.15) is 4.39 Å². The second-order valence-electron chi connectivity index (χ2n) is 3.25. The van der Waals surface area contributed by atoms with Gasteiger partial charge in [0, 0.05) is 23.7 Å². The number of hydrogen-bond donors (Lipinski definition) is 1. The Bertz CT molecular complexity index is 430. The van der Waals surface area contributed by atoms with Gasteiger partial charge >= 0.3 is 0 Å². The van der Waals surface area contributed by atoms with Crippen LogP contribution < -0.4 is 5.32 Å². The zero-order valence-electron chi connectivity index (χ0n) is 9.05. The summed E-state index contributed by atoms with van der Waals surface area (Å²) in [4.78, 5) is 14.5. The van der Waals surface area contributed by atoms with Crippen LogP contribution in [0, 0.1) is 11.8 Å². The predicted molar refractivity (Wildman–Crippen MR) is 55.4 cm³/mol. The zero-order chi connectivity index (χ0) is 12.1. The van der Waals surface area contributed by atoms with Crippen LogP contribution in [0.3, 0.4) is 0 Å². The van der Waals surface area contributed by atoms with Crippen molar-refractivity contribution in [2.24, 2.45) is 0 Å². The minimum atomic E-state index is -0.770. The molecule has 0 saturated carbocycles. The quantitative estimate of drug-likeness (QED) is 0.632. The molecular weight excluding hydrogens is 214 g/mol. The lowest BCUT2D eigenvalue weighted by atomic mass is 10.2. The summed E-state index contributed by atoms with van der Waals surface area (Å²) in [7, 11) is 0. The largest absolute Gasteiger partial charge is 0.348 e. The Labute approximate surface area is 92.2 Å². The number of hydrogen-bond acceptors (Lipinski definition) is 2. The molecule has 1 heterocycles. The topological polar surface area (TPSA) is 42.0 Å². The third-order valence-corrected chi connectivity index (χ3v) is 2.13. The van der Waals surface area contributed by atoms with E-state index in [1.54, 1.807) is 19.9 Å². The zero-order valence-corrected chi connectivity index (χ0v) is 9.05. The van der Waals surface area contributed by atoms with E-state index in [4.69, 9.17) is 0 Å². The Kier molecular flexibility index (Phi) is 4.10. The monoisotopic (exact) mass is 226 g/mol. The SMILES string of the molecule is C/C=C(\C)C(=O)NCc1cc(F)ncc1F. The molecule has 1 aromatic rings. The van der Waals surface area contributed by atoms with Crippen molar-refractivity contribution in [2.75, 3.05) is 0 Å². The van der Waals surface area contributed by atoms with E-state index >= 15 is 0 Å². The molecule has 5 heteroatoms. The van der Waals surface area contributed by atoms with Crippen LogP contribution >= 0.6 is 0 Å². The van der Waals surface area contributed by atoms with E-state index in [0.717, 1.165) is 12.3 Å². The second-order valence-corrected chi connectivity index (χ2v) is 3.25. The number of halogens is 2. The van der Waals surface area contributed by atoms with Gasteiger partial charge in [0.25, 0.3) is 0 Å². The highest BCUT2D eigenvalue weighted by molar-refractivity contribution is 5.92. The summed E-state index contributed by atoms with van der Waals surface area (Å²) in [6, 6.07) is 0.959. The molecule has 0 radical (unpaired) electrons. The van der Waals surface area contributed by atoms with E-state index in [1.165, 1.54) is 0 Å². The summed E-state index contributed by atoms with van der Waals surface area (Å²) < 4.78 is 25.8. The molecule has 0 atom stereocenters. The van der Waals surface area contributed by atoms with E-state index in [0.29, 0.717) is 5.57 Å². The molecule has 0 saturated heterocycles. The predicted octanol–water partition coefficient (Wildman–Crippen LogP) is 1.94. The summed E-state index contributed by atoms with van der Waals surface area (Å²) in [6.45, 7) is 3.30. The van der Waals surface area contributed by atoms with Gasteiger partial charge in [-0.15, -0.1) is 0 Å². The van der Waals surface area contributed by atoms with Gasteiger partial charge in [-0.25, -0.2) is 9.37 Å². The molecule has 1 N–H and O–H groups in total. The van der Waals surface area contributed by atoms with Gasteiger partial charge in [-0.3, -0.25) is 4.79 Å². The fraction of sp³-hybridized carbons (Fsp3) is 0.273. The smallest absolute Gasteiger partial charge is 0.246 e. The Morgan fingerprint density at radius 3 is 2.88 bits per heavy atom. The Balaban J connectivity index is 2.68. The molecular formula is C11H12F2N2O. The van der Waals surface area contributed by atoms with Crippen LogP contribution in [0.1, 0.15) is 19.4 Å². The number of amides is 1. The first-order valence-electron chi connectivity index (χ1n) is 4.75. The summed E-state index contributed by atoms with van der Waals surface area (Å²) in [6.07, 6.45) is 2.43. The minimum absolute atomic E-state index is 0.0602. The lowest BCUT2D eigenvalue weighted by Gasteiger charge is -2.06. The molecule has 0 spiro atoms. The molecule has 0 unspecified atom stereocenters. The van der Waals surface area contributed by atoms with Crippen molar-refractivity contribution in [2.45, 2.75) is 20.4 Å². The lowest BCUT2D eigenvalue weighted by Crippen LogP contribution is -2.24. The number of carbonyl (C=O) groups is 1. The van der Waals surface area contributed by atoms with Crippen LogP contribution in [-0.2, 0) is 11.3 Å². The van der Waals surface area contributed by atoms with Gasteiger partial charge in [0.2, 0.25) is 11.9 Å². The standard InChI is InChI=1S/C11H12F2N2O/c1-3-7(2)11(16)15-5-8-4-10(13)14-6-9(8)12/h3-4,6H,5H2,1-2H3,(H,15,16)/b7-3+. The van der Waals surface area contributed by atoms with Crippen molar-refractivity contribution in [3.63, 3.8) is 0 Å². The highest BCUT2D eigenvalue weighted by Gasteiger charge is 2.07. The van der Waals surface area contributed by atoms with E-state index in [2.05, 4.69) is 10.3 Å². The molecule has 0 aliphatic carbocycles. The maximum absolute atomic E-state index is 13.1. The minimum Gasteiger partial charge on any atom is -0.348 e. The van der Waals surface area contributed by atoms with E-state index in [-0.39, 0.29) is 18.0 Å². The first kappa shape index (κ1) is 12.3. The third-order valence-electron chi connectivity index (χ3n) is 2.13. The van der Waals surface area contributed by atoms with Crippen molar-refractivity contribution in [3.8, 4) is 0 Å². The van der Waals surface area contributed by atoms with Gasteiger partial charge < -0.3 is 5.32 Å². The van der Waals surface area contributed by atoms with Crippen molar-refractivity contribution in [3.05, 3.63) is 41.2 Å². The number of nitrogens with zero attached hydrogens (tertiary/aromatic N) is 1. The Hall–Kier alpha value is -1.78. The van der Waals surface area contributed by atoms with Crippen LogP contribution in [0.5, 0.6) is 0 Å². The molecule has 1 aromatic heterocycles. The molecule has 0 aromatic carbocycles. The van der Waals surface area contributed by atoms with Gasteiger partial charge in [-0.05, 0) is 13.8 Å². The van der Waals surface area contributed by atoms with Crippen molar-refractivity contribution >= 4 is 5.91 Å². The first-order chi connectivity index (χ1) is 7.54. The lowest BCUT2D eigenvalue weighted by molar-refractivity contribution is -0.117. The molecule has 1 amide bonds. The van der Waals surface area contributed by atoms with Crippen LogP contribution in [-0.4, -0.2) is 10.9 Å². The van der Waals surface area contributed by atoms with Crippen molar-refractivity contribution < 1.29 is 13.6 Å². The fourth-order valence-corrected chi connectivity index (χ4v) is 1.03. The Morgan fingerprint density at radius 1 is 1.56 bits per heavy atom. The number of nitrogens with one attached hydrogen (secondary N) is 1. The van der Waals surface area contributed by atoms with Crippen LogP contribution in [0.15, 0.2) is 23.9 Å². The second kappa shape index (κ2) is 5.34. The normalized spacial score (nSPS) is 11.4. The molecule has 0 fully saturated rings. The summed E-state index contributed by atoms with van der Waals surface area (Å²) in [5, 5.41) is 2.48. The number of allylic oxidation sites excluding steroid dienone is 1. The highest BCUT2D eigenvalue weighted by atomic mass is 19.1. The van der Waals surface area contributed by atoms with E-state index < -0.39 is 11.8 Å². The van der Waals surface area contributed by atoms with E-state index in [1.807, 2.05) is 0 Å². The number of rotatable bonds is 3. The number of pyridine rings is 1. The maximum Gasteiger partial charge on any atom is 0.246 e. The molecule has 0 aliphatic heterocycles. The Morgan fingerprint density at radius 2 is 2.25 bits per heavy atom. The van der Waals surface area contributed by atoms with Gasteiger partial charge in [0.1, 0.15) is 5.82 Å². The molecule has 3 nitrogen and oxygen atoms in total. The van der Waals surface area contributed by atoms with Crippen molar-refractivity contribution in [1.29, 1.82) is 0 Å².